The predicted molar refractivity (Wildman–Crippen MR) is 83.5 cm³/mol. The van der Waals surface area contributed by atoms with Crippen LogP contribution in [0.5, 0.6) is 0 Å². The average Bonchev–Trinajstić information content (AvgIpc) is 2.46. The molecule has 0 saturated carbocycles. The minimum atomic E-state index is -0.163. The number of benzene rings is 1. The number of nitrogens with one attached hydrogen (secondary N) is 1. The van der Waals surface area contributed by atoms with Crippen molar-refractivity contribution in [3.63, 3.8) is 0 Å². The van der Waals surface area contributed by atoms with Crippen LogP contribution in [0.15, 0.2) is 24.3 Å². The number of unbranched alkanes of at least 4 members (excludes halogenated alkanes) is 1. The summed E-state index contributed by atoms with van der Waals surface area (Å²) in [7, 11) is 0. The van der Waals surface area contributed by atoms with Crippen LogP contribution in [0.4, 0.5) is 0 Å². The summed E-state index contributed by atoms with van der Waals surface area (Å²) < 4.78 is 0. The first-order valence-corrected chi connectivity index (χ1v) is 7.82. The number of aryl methyl sites for hydroxylation is 1. The maximum Gasteiger partial charge on any atom is 0.0683 e. The molecule has 2 rings (SSSR count). The number of rotatable bonds is 6. The summed E-state index contributed by atoms with van der Waals surface area (Å²) in [5, 5.41) is 12.7. The zero-order valence-corrected chi connectivity index (χ0v) is 12.8. The first-order chi connectivity index (χ1) is 9.61. The molecule has 1 aromatic rings. The monoisotopic (exact) mass is 270 g/mol. The van der Waals surface area contributed by atoms with E-state index in [1.54, 1.807) is 0 Å². The second kappa shape index (κ2) is 6.90. The summed E-state index contributed by atoms with van der Waals surface area (Å²) in [6.07, 6.45) is 6.93. The van der Waals surface area contributed by atoms with Crippen LogP contribution in [-0.4, -0.2) is 12.6 Å². The van der Waals surface area contributed by atoms with E-state index in [1.165, 1.54) is 36.8 Å². The number of nitrogens with zero attached hydrogens (tertiary/aromatic N) is 1. The lowest BCUT2D eigenvalue weighted by atomic mass is 9.88. The highest BCUT2D eigenvalue weighted by atomic mass is 14.9. The topological polar surface area (TPSA) is 35.8 Å². The van der Waals surface area contributed by atoms with Crippen LogP contribution in [-0.2, 0) is 12.8 Å². The van der Waals surface area contributed by atoms with Gasteiger partial charge in [-0.25, -0.2) is 0 Å². The van der Waals surface area contributed by atoms with Gasteiger partial charge in [0, 0.05) is 6.04 Å². The largest absolute Gasteiger partial charge is 0.314 e. The average molecular weight is 270 g/mol. The lowest BCUT2D eigenvalue weighted by molar-refractivity contribution is 0.405. The number of hydrogen-bond donors (Lipinski definition) is 1. The van der Waals surface area contributed by atoms with Crippen LogP contribution < -0.4 is 5.32 Å². The minimum absolute atomic E-state index is 0.163. The third kappa shape index (κ3) is 4.35. The fraction of sp³-hybridized carbons (Fsp3) is 0.611. The van der Waals surface area contributed by atoms with Crippen molar-refractivity contribution >= 4 is 0 Å². The van der Waals surface area contributed by atoms with Gasteiger partial charge < -0.3 is 5.32 Å². The molecule has 1 aliphatic rings. The van der Waals surface area contributed by atoms with Gasteiger partial charge >= 0.3 is 0 Å². The van der Waals surface area contributed by atoms with Crippen molar-refractivity contribution in [2.45, 2.75) is 58.4 Å². The molecule has 0 spiro atoms. The van der Waals surface area contributed by atoms with Gasteiger partial charge in [0.15, 0.2) is 0 Å². The molecule has 0 aromatic heterocycles. The zero-order chi connectivity index (χ0) is 14.4. The van der Waals surface area contributed by atoms with Crippen LogP contribution >= 0.6 is 0 Å². The van der Waals surface area contributed by atoms with Gasteiger partial charge in [-0.1, -0.05) is 30.7 Å². The van der Waals surface area contributed by atoms with Crippen molar-refractivity contribution in [3.05, 3.63) is 35.4 Å². The van der Waals surface area contributed by atoms with Gasteiger partial charge in [0.05, 0.1) is 11.5 Å². The van der Waals surface area contributed by atoms with Crippen molar-refractivity contribution < 1.29 is 0 Å². The normalized spacial score (nSPS) is 18.4. The molecule has 0 amide bonds. The molecule has 1 aliphatic carbocycles. The van der Waals surface area contributed by atoms with Crippen LogP contribution in [0.25, 0.3) is 0 Å². The van der Waals surface area contributed by atoms with Crippen molar-refractivity contribution in [3.8, 4) is 6.07 Å². The molecule has 1 atom stereocenters. The van der Waals surface area contributed by atoms with E-state index in [1.807, 2.05) is 13.8 Å². The van der Waals surface area contributed by atoms with Crippen molar-refractivity contribution in [2.75, 3.05) is 6.54 Å². The highest BCUT2D eigenvalue weighted by Gasteiger charge is 2.18. The Labute approximate surface area is 123 Å². The van der Waals surface area contributed by atoms with E-state index >= 15 is 0 Å². The molecule has 0 saturated heterocycles. The summed E-state index contributed by atoms with van der Waals surface area (Å²) in [6.45, 7) is 5.13. The molecular formula is C18H26N2. The predicted octanol–water partition coefficient (Wildman–Crippen LogP) is 3.85. The van der Waals surface area contributed by atoms with Gasteiger partial charge in [0.1, 0.15) is 0 Å². The molecule has 0 aliphatic heterocycles. The fourth-order valence-electron chi connectivity index (χ4n) is 2.93. The highest BCUT2D eigenvalue weighted by Crippen LogP contribution is 2.22. The molecule has 2 nitrogen and oxygen atoms in total. The first kappa shape index (κ1) is 15.1. The van der Waals surface area contributed by atoms with Gasteiger partial charge in [-0.05, 0) is 63.6 Å². The van der Waals surface area contributed by atoms with E-state index in [4.69, 9.17) is 5.26 Å². The molecule has 20 heavy (non-hydrogen) atoms. The van der Waals surface area contributed by atoms with E-state index in [2.05, 4.69) is 35.7 Å². The first-order valence-electron chi connectivity index (χ1n) is 7.82. The smallest absolute Gasteiger partial charge is 0.0683 e. The van der Waals surface area contributed by atoms with Crippen molar-refractivity contribution in [1.82, 2.24) is 5.32 Å². The molecule has 0 radical (unpaired) electrons. The van der Waals surface area contributed by atoms with Gasteiger partial charge in [-0.2, -0.15) is 5.26 Å². The Bertz CT molecular complexity index is 471. The molecule has 1 N–H and O–H groups in total. The molecule has 0 heterocycles. The number of hydrogen-bond acceptors (Lipinski definition) is 2. The molecule has 1 unspecified atom stereocenters. The maximum absolute atomic E-state index is 8.98. The third-order valence-electron chi connectivity index (χ3n) is 4.31. The lowest BCUT2D eigenvalue weighted by Crippen LogP contribution is -2.35. The molecule has 108 valence electrons. The molecule has 1 aromatic carbocycles. The minimum Gasteiger partial charge on any atom is -0.314 e. The lowest BCUT2D eigenvalue weighted by Gasteiger charge is -2.25. The second-order valence-electron chi connectivity index (χ2n) is 6.62. The van der Waals surface area contributed by atoms with E-state index in [9.17, 15) is 0 Å². The van der Waals surface area contributed by atoms with Gasteiger partial charge in [-0.15, -0.1) is 0 Å². The Morgan fingerprint density at radius 1 is 1.25 bits per heavy atom. The summed E-state index contributed by atoms with van der Waals surface area (Å²) in [5.41, 5.74) is 2.88. The third-order valence-corrected chi connectivity index (χ3v) is 4.31. The van der Waals surface area contributed by atoms with E-state index in [0.29, 0.717) is 6.04 Å². The zero-order valence-electron chi connectivity index (χ0n) is 12.8. The van der Waals surface area contributed by atoms with Gasteiger partial charge in [0.25, 0.3) is 0 Å². The molecule has 2 heteroatoms. The Morgan fingerprint density at radius 2 is 2.00 bits per heavy atom. The summed E-state index contributed by atoms with van der Waals surface area (Å²) in [5.74, 6) is 0. The van der Waals surface area contributed by atoms with E-state index < -0.39 is 0 Å². The van der Waals surface area contributed by atoms with Crippen LogP contribution in [0.1, 0.15) is 50.7 Å². The summed E-state index contributed by atoms with van der Waals surface area (Å²) >= 11 is 0. The van der Waals surface area contributed by atoms with Crippen LogP contribution in [0.2, 0.25) is 0 Å². The Hall–Kier alpha value is -1.33. The Morgan fingerprint density at radius 3 is 2.75 bits per heavy atom. The standard InChI is InChI=1S/C18H26N2/c1-18(2,14-19)11-5-6-12-20-17-10-9-15-7-3-4-8-16(15)13-17/h3-4,7-8,17,20H,5-6,9-13H2,1-2H3. The molecular weight excluding hydrogens is 244 g/mol. The van der Waals surface area contributed by atoms with Crippen LogP contribution in [0.3, 0.4) is 0 Å². The van der Waals surface area contributed by atoms with E-state index in [-0.39, 0.29) is 5.41 Å². The number of nitriles is 1. The SMILES string of the molecule is CC(C)(C#N)CCCCNC1CCc2ccccc2C1. The fourth-order valence-corrected chi connectivity index (χ4v) is 2.93. The molecule has 0 bridgehead atoms. The van der Waals surface area contributed by atoms with Crippen molar-refractivity contribution in [2.24, 2.45) is 5.41 Å². The van der Waals surface area contributed by atoms with Gasteiger partial charge in [0.2, 0.25) is 0 Å². The summed E-state index contributed by atoms with van der Waals surface area (Å²) in [4.78, 5) is 0. The maximum atomic E-state index is 8.98. The quantitative estimate of drug-likeness (QED) is 0.797. The highest BCUT2D eigenvalue weighted by molar-refractivity contribution is 5.30. The van der Waals surface area contributed by atoms with E-state index in [0.717, 1.165) is 19.4 Å². The van der Waals surface area contributed by atoms with Crippen LogP contribution in [0, 0.1) is 16.7 Å². The van der Waals surface area contributed by atoms with Gasteiger partial charge in [-0.3, -0.25) is 0 Å². The second-order valence-corrected chi connectivity index (χ2v) is 6.62. The Balaban J connectivity index is 1.66. The Kier molecular flexibility index (Phi) is 5.20. The molecule has 0 fully saturated rings. The summed E-state index contributed by atoms with van der Waals surface area (Å²) in [6, 6.07) is 11.8. The van der Waals surface area contributed by atoms with Crippen molar-refractivity contribution in [1.29, 1.82) is 5.26 Å². The number of fused-ring (bicyclic) bond motifs is 1.